The summed E-state index contributed by atoms with van der Waals surface area (Å²) in [5.41, 5.74) is 1.68. The SMILES string of the molecule is CC(C)n1nc2cc(Cl)ccc2c1CO. The van der Waals surface area contributed by atoms with Crippen LogP contribution in [0.5, 0.6) is 0 Å². The Kier molecular flexibility index (Phi) is 2.67. The van der Waals surface area contributed by atoms with Crippen LogP contribution in [0.25, 0.3) is 10.9 Å². The Morgan fingerprint density at radius 1 is 1.47 bits per heavy atom. The molecule has 0 aliphatic rings. The van der Waals surface area contributed by atoms with E-state index in [-0.39, 0.29) is 12.6 Å². The number of halogens is 1. The molecule has 1 aromatic heterocycles. The first-order chi connectivity index (χ1) is 7.13. The predicted molar refractivity (Wildman–Crippen MR) is 61.1 cm³/mol. The number of benzene rings is 1. The van der Waals surface area contributed by atoms with Gasteiger partial charge in [0.2, 0.25) is 0 Å². The lowest BCUT2D eigenvalue weighted by Gasteiger charge is -2.08. The zero-order valence-corrected chi connectivity index (χ0v) is 9.49. The molecule has 4 heteroatoms. The molecule has 0 saturated carbocycles. The number of fused-ring (bicyclic) bond motifs is 1. The van der Waals surface area contributed by atoms with E-state index in [1.54, 1.807) is 0 Å². The van der Waals surface area contributed by atoms with Crippen LogP contribution < -0.4 is 0 Å². The summed E-state index contributed by atoms with van der Waals surface area (Å²) in [5, 5.41) is 15.4. The van der Waals surface area contributed by atoms with Gasteiger partial charge in [0.15, 0.2) is 0 Å². The van der Waals surface area contributed by atoms with Crippen molar-refractivity contribution in [3.63, 3.8) is 0 Å². The normalized spacial score (nSPS) is 11.5. The molecular formula is C11H13ClN2O. The Morgan fingerprint density at radius 2 is 2.20 bits per heavy atom. The summed E-state index contributed by atoms with van der Waals surface area (Å²) in [4.78, 5) is 0. The molecule has 0 unspecified atom stereocenters. The van der Waals surface area contributed by atoms with Gasteiger partial charge in [0, 0.05) is 16.5 Å². The van der Waals surface area contributed by atoms with Gasteiger partial charge in [-0.1, -0.05) is 11.6 Å². The molecule has 1 aromatic carbocycles. The third kappa shape index (κ3) is 1.73. The van der Waals surface area contributed by atoms with Crippen LogP contribution in [0.15, 0.2) is 18.2 Å². The van der Waals surface area contributed by atoms with Gasteiger partial charge in [-0.15, -0.1) is 0 Å². The number of aromatic nitrogens is 2. The molecule has 1 heterocycles. The number of rotatable bonds is 2. The second-order valence-corrected chi connectivity index (χ2v) is 4.24. The van der Waals surface area contributed by atoms with Crippen molar-refractivity contribution in [2.75, 3.05) is 0 Å². The van der Waals surface area contributed by atoms with Gasteiger partial charge in [0.1, 0.15) is 0 Å². The van der Waals surface area contributed by atoms with E-state index in [0.29, 0.717) is 5.02 Å². The average molecular weight is 225 g/mol. The zero-order valence-electron chi connectivity index (χ0n) is 8.74. The molecule has 15 heavy (non-hydrogen) atoms. The predicted octanol–water partition coefficient (Wildman–Crippen LogP) is 2.76. The molecule has 80 valence electrons. The monoisotopic (exact) mass is 224 g/mol. The topological polar surface area (TPSA) is 38.0 Å². The molecule has 0 saturated heterocycles. The van der Waals surface area contributed by atoms with Gasteiger partial charge in [-0.3, -0.25) is 4.68 Å². The van der Waals surface area contributed by atoms with Crippen LogP contribution >= 0.6 is 11.6 Å². The van der Waals surface area contributed by atoms with Gasteiger partial charge >= 0.3 is 0 Å². The summed E-state index contributed by atoms with van der Waals surface area (Å²) >= 11 is 5.89. The van der Waals surface area contributed by atoms with Crippen LogP contribution in [0, 0.1) is 0 Å². The molecule has 0 amide bonds. The van der Waals surface area contributed by atoms with E-state index in [9.17, 15) is 5.11 Å². The highest BCUT2D eigenvalue weighted by molar-refractivity contribution is 6.31. The Labute approximate surface area is 93.3 Å². The van der Waals surface area contributed by atoms with Crippen molar-refractivity contribution in [3.05, 3.63) is 28.9 Å². The van der Waals surface area contributed by atoms with Crippen molar-refractivity contribution < 1.29 is 5.11 Å². The van der Waals surface area contributed by atoms with Gasteiger partial charge in [0.25, 0.3) is 0 Å². The Morgan fingerprint density at radius 3 is 2.80 bits per heavy atom. The molecule has 0 aliphatic heterocycles. The van der Waals surface area contributed by atoms with Crippen molar-refractivity contribution >= 4 is 22.5 Å². The van der Waals surface area contributed by atoms with Crippen LogP contribution in [0.2, 0.25) is 5.02 Å². The van der Waals surface area contributed by atoms with Crippen molar-refractivity contribution in [2.45, 2.75) is 26.5 Å². The first-order valence-electron chi connectivity index (χ1n) is 4.91. The molecule has 0 aliphatic carbocycles. The molecule has 0 atom stereocenters. The number of aliphatic hydroxyl groups excluding tert-OH is 1. The maximum Gasteiger partial charge on any atom is 0.0942 e. The van der Waals surface area contributed by atoms with Crippen LogP contribution in [-0.4, -0.2) is 14.9 Å². The second-order valence-electron chi connectivity index (χ2n) is 3.80. The fourth-order valence-electron chi connectivity index (χ4n) is 1.72. The average Bonchev–Trinajstić information content (AvgIpc) is 2.55. The standard InChI is InChI=1S/C11H13ClN2O/c1-7(2)14-11(6-15)9-4-3-8(12)5-10(9)13-14/h3-5,7,15H,6H2,1-2H3. The van der Waals surface area contributed by atoms with Gasteiger partial charge < -0.3 is 5.11 Å². The summed E-state index contributed by atoms with van der Waals surface area (Å²) in [5.74, 6) is 0. The summed E-state index contributed by atoms with van der Waals surface area (Å²) < 4.78 is 1.83. The van der Waals surface area contributed by atoms with Crippen LogP contribution in [-0.2, 0) is 6.61 Å². The molecule has 2 rings (SSSR count). The minimum Gasteiger partial charge on any atom is -0.390 e. The molecule has 0 radical (unpaired) electrons. The number of aliphatic hydroxyl groups is 1. The van der Waals surface area contributed by atoms with E-state index in [0.717, 1.165) is 16.6 Å². The molecule has 3 nitrogen and oxygen atoms in total. The van der Waals surface area contributed by atoms with E-state index in [2.05, 4.69) is 5.10 Å². The van der Waals surface area contributed by atoms with Crippen molar-refractivity contribution in [1.29, 1.82) is 0 Å². The zero-order chi connectivity index (χ0) is 11.0. The highest BCUT2D eigenvalue weighted by Gasteiger charge is 2.12. The van der Waals surface area contributed by atoms with E-state index in [1.165, 1.54) is 0 Å². The van der Waals surface area contributed by atoms with E-state index >= 15 is 0 Å². The molecule has 1 N–H and O–H groups in total. The van der Waals surface area contributed by atoms with Gasteiger partial charge in [-0.05, 0) is 32.0 Å². The van der Waals surface area contributed by atoms with Crippen LogP contribution in [0.1, 0.15) is 25.6 Å². The van der Waals surface area contributed by atoms with Gasteiger partial charge in [-0.2, -0.15) is 5.10 Å². The molecule has 0 fully saturated rings. The summed E-state index contributed by atoms with van der Waals surface area (Å²) in [6.07, 6.45) is 0. The quantitative estimate of drug-likeness (QED) is 0.852. The fourth-order valence-corrected chi connectivity index (χ4v) is 1.88. The van der Waals surface area contributed by atoms with E-state index in [4.69, 9.17) is 11.6 Å². The Bertz CT molecular complexity index is 491. The lowest BCUT2D eigenvalue weighted by atomic mass is 10.2. The van der Waals surface area contributed by atoms with E-state index in [1.807, 2.05) is 36.7 Å². The first kappa shape index (κ1) is 10.5. The molecular weight excluding hydrogens is 212 g/mol. The largest absolute Gasteiger partial charge is 0.390 e. The Balaban J connectivity index is 2.73. The number of nitrogens with zero attached hydrogens (tertiary/aromatic N) is 2. The fraction of sp³-hybridized carbons (Fsp3) is 0.364. The maximum atomic E-state index is 9.33. The summed E-state index contributed by atoms with van der Waals surface area (Å²) in [6, 6.07) is 5.76. The first-order valence-corrected chi connectivity index (χ1v) is 5.28. The highest BCUT2D eigenvalue weighted by Crippen LogP contribution is 2.24. The van der Waals surface area contributed by atoms with Crippen LogP contribution in [0.4, 0.5) is 0 Å². The van der Waals surface area contributed by atoms with E-state index < -0.39 is 0 Å². The molecule has 0 spiro atoms. The van der Waals surface area contributed by atoms with Crippen LogP contribution in [0.3, 0.4) is 0 Å². The molecule has 0 bridgehead atoms. The van der Waals surface area contributed by atoms with Gasteiger partial charge in [-0.25, -0.2) is 0 Å². The van der Waals surface area contributed by atoms with Gasteiger partial charge in [0.05, 0.1) is 17.8 Å². The molecule has 2 aromatic rings. The minimum absolute atomic E-state index is 0.00366. The summed E-state index contributed by atoms with van der Waals surface area (Å²) in [7, 11) is 0. The van der Waals surface area contributed by atoms with Crippen molar-refractivity contribution in [1.82, 2.24) is 9.78 Å². The lowest BCUT2D eigenvalue weighted by Crippen LogP contribution is -2.07. The van der Waals surface area contributed by atoms with Crippen molar-refractivity contribution in [2.24, 2.45) is 0 Å². The summed E-state index contributed by atoms with van der Waals surface area (Å²) in [6.45, 7) is 4.07. The third-order valence-corrected chi connectivity index (χ3v) is 2.64. The highest BCUT2D eigenvalue weighted by atomic mass is 35.5. The maximum absolute atomic E-state index is 9.33. The Hall–Kier alpha value is -1.06. The third-order valence-electron chi connectivity index (χ3n) is 2.40. The smallest absolute Gasteiger partial charge is 0.0942 e. The number of hydrogen-bond acceptors (Lipinski definition) is 2. The lowest BCUT2D eigenvalue weighted by molar-refractivity contribution is 0.266. The number of hydrogen-bond donors (Lipinski definition) is 1. The minimum atomic E-state index is -0.00366. The van der Waals surface area contributed by atoms with Crippen molar-refractivity contribution in [3.8, 4) is 0 Å². The second kappa shape index (κ2) is 3.83.